The number of rotatable bonds is 4. The third kappa shape index (κ3) is 3.12. The predicted molar refractivity (Wildman–Crippen MR) is 83.7 cm³/mol. The number of hydrogen-bond acceptors (Lipinski definition) is 5. The highest BCUT2D eigenvalue weighted by atomic mass is 32.1. The van der Waals surface area contributed by atoms with Gasteiger partial charge in [-0.1, -0.05) is 12.2 Å². The van der Waals surface area contributed by atoms with Crippen molar-refractivity contribution in [1.29, 1.82) is 0 Å². The summed E-state index contributed by atoms with van der Waals surface area (Å²) in [5, 5.41) is 5.30. The van der Waals surface area contributed by atoms with Gasteiger partial charge < -0.3 is 15.8 Å². The van der Waals surface area contributed by atoms with Gasteiger partial charge in [0.1, 0.15) is 16.4 Å². The van der Waals surface area contributed by atoms with Gasteiger partial charge in [-0.2, -0.15) is 0 Å². The van der Waals surface area contributed by atoms with Crippen molar-refractivity contribution < 1.29 is 9.53 Å². The Bertz CT molecular complexity index is 667. The summed E-state index contributed by atoms with van der Waals surface area (Å²) in [5.74, 6) is 0.214. The maximum Gasteiger partial charge on any atom is 0.275 e. The van der Waals surface area contributed by atoms with Crippen molar-refractivity contribution in [1.82, 2.24) is 4.98 Å². The minimum Gasteiger partial charge on any atom is -0.495 e. The Morgan fingerprint density at radius 2 is 2.25 bits per heavy atom. The Morgan fingerprint density at radius 1 is 1.50 bits per heavy atom. The molecule has 1 heterocycles. The molecule has 1 aromatic carbocycles. The van der Waals surface area contributed by atoms with Gasteiger partial charge in [-0.3, -0.25) is 4.79 Å². The molecular formula is C13H13N3O2S2. The van der Waals surface area contributed by atoms with Crippen LogP contribution in [0.3, 0.4) is 0 Å². The number of aryl methyl sites for hydroxylation is 1. The average Bonchev–Trinajstić information content (AvgIpc) is 2.85. The molecule has 104 valence electrons. The van der Waals surface area contributed by atoms with Gasteiger partial charge in [-0.15, -0.1) is 11.3 Å². The number of nitrogens with one attached hydrogen (secondary N) is 1. The summed E-state index contributed by atoms with van der Waals surface area (Å²) in [5.41, 5.74) is 7.17. The number of amides is 1. The Morgan fingerprint density at radius 3 is 2.80 bits per heavy atom. The zero-order valence-corrected chi connectivity index (χ0v) is 12.6. The highest BCUT2D eigenvalue weighted by Gasteiger charge is 2.13. The first-order valence-electron chi connectivity index (χ1n) is 5.72. The van der Waals surface area contributed by atoms with E-state index in [4.69, 9.17) is 22.7 Å². The van der Waals surface area contributed by atoms with Gasteiger partial charge in [0.05, 0.1) is 17.8 Å². The fourth-order valence-electron chi connectivity index (χ4n) is 1.60. The van der Waals surface area contributed by atoms with Crippen molar-refractivity contribution in [2.45, 2.75) is 6.92 Å². The van der Waals surface area contributed by atoms with E-state index in [-0.39, 0.29) is 10.9 Å². The van der Waals surface area contributed by atoms with E-state index in [1.165, 1.54) is 18.4 Å². The first-order chi connectivity index (χ1) is 9.51. The third-order valence-corrected chi connectivity index (χ3v) is 3.60. The molecule has 5 nitrogen and oxygen atoms in total. The summed E-state index contributed by atoms with van der Waals surface area (Å²) in [6.45, 7) is 1.85. The van der Waals surface area contributed by atoms with Gasteiger partial charge >= 0.3 is 0 Å². The second-order valence-corrected chi connectivity index (χ2v) is 5.49. The summed E-state index contributed by atoms with van der Waals surface area (Å²) >= 11 is 6.33. The summed E-state index contributed by atoms with van der Waals surface area (Å²) in [6, 6.07) is 5.11. The molecule has 0 bridgehead atoms. The number of hydrogen-bond donors (Lipinski definition) is 2. The smallest absolute Gasteiger partial charge is 0.275 e. The maximum atomic E-state index is 12.0. The zero-order chi connectivity index (χ0) is 14.7. The lowest BCUT2D eigenvalue weighted by Crippen LogP contribution is -2.14. The van der Waals surface area contributed by atoms with Crippen LogP contribution in [0.4, 0.5) is 5.69 Å². The molecule has 0 unspecified atom stereocenters. The molecule has 0 aliphatic heterocycles. The molecular weight excluding hydrogens is 294 g/mol. The van der Waals surface area contributed by atoms with Crippen LogP contribution < -0.4 is 15.8 Å². The van der Waals surface area contributed by atoms with Gasteiger partial charge in [0, 0.05) is 10.9 Å². The lowest BCUT2D eigenvalue weighted by Gasteiger charge is -2.10. The number of carbonyl (C=O) groups is 1. The van der Waals surface area contributed by atoms with Gasteiger partial charge in [0.2, 0.25) is 0 Å². The molecule has 2 aromatic rings. The first kappa shape index (κ1) is 14.4. The quantitative estimate of drug-likeness (QED) is 0.848. The van der Waals surface area contributed by atoms with Crippen LogP contribution >= 0.6 is 23.6 Å². The van der Waals surface area contributed by atoms with Crippen LogP contribution in [0.1, 0.15) is 21.1 Å². The molecule has 3 N–H and O–H groups in total. The molecule has 0 radical (unpaired) electrons. The Kier molecular flexibility index (Phi) is 4.31. The third-order valence-electron chi connectivity index (χ3n) is 2.59. The maximum absolute atomic E-state index is 12.0. The van der Waals surface area contributed by atoms with E-state index in [2.05, 4.69) is 10.3 Å². The van der Waals surface area contributed by atoms with Crippen molar-refractivity contribution in [3.8, 4) is 5.75 Å². The lowest BCUT2D eigenvalue weighted by molar-refractivity contribution is 0.102. The molecule has 1 amide bonds. The number of thiocarbonyl (C=S) groups is 1. The number of methoxy groups -OCH3 is 1. The van der Waals surface area contributed by atoms with Crippen LogP contribution in [-0.4, -0.2) is 23.0 Å². The average molecular weight is 307 g/mol. The molecule has 0 saturated heterocycles. The standard InChI is InChI=1S/C13H13N3O2S2/c1-7-15-10(6-20-7)13(17)16-9-4-3-8(12(14)19)5-11(9)18-2/h3-6H,1-2H3,(H2,14,19)(H,16,17). The van der Waals surface area contributed by atoms with E-state index in [9.17, 15) is 4.79 Å². The normalized spacial score (nSPS) is 10.1. The van der Waals surface area contributed by atoms with Gasteiger partial charge in [0.15, 0.2) is 0 Å². The van der Waals surface area contributed by atoms with E-state index >= 15 is 0 Å². The number of nitrogens with two attached hydrogens (primary N) is 1. The van der Waals surface area contributed by atoms with Crippen LogP contribution in [0.2, 0.25) is 0 Å². The summed E-state index contributed by atoms with van der Waals surface area (Å²) in [7, 11) is 1.52. The molecule has 2 rings (SSSR count). The topological polar surface area (TPSA) is 77.2 Å². The second kappa shape index (κ2) is 5.98. The van der Waals surface area contributed by atoms with Crippen molar-refractivity contribution in [2.24, 2.45) is 5.73 Å². The van der Waals surface area contributed by atoms with Gasteiger partial charge in [-0.05, 0) is 25.1 Å². The number of aromatic nitrogens is 1. The molecule has 20 heavy (non-hydrogen) atoms. The number of benzene rings is 1. The molecule has 0 spiro atoms. The minimum absolute atomic E-state index is 0.274. The molecule has 0 aliphatic carbocycles. The summed E-state index contributed by atoms with van der Waals surface area (Å²) < 4.78 is 5.23. The number of nitrogens with zero attached hydrogens (tertiary/aromatic N) is 1. The number of carbonyl (C=O) groups excluding carboxylic acids is 1. The van der Waals surface area contributed by atoms with Crippen molar-refractivity contribution in [3.05, 3.63) is 39.8 Å². The molecule has 7 heteroatoms. The van der Waals surface area contributed by atoms with Gasteiger partial charge in [-0.25, -0.2) is 4.98 Å². The SMILES string of the molecule is COc1cc(C(N)=S)ccc1NC(=O)c1csc(C)n1. The van der Waals surface area contributed by atoms with Crippen LogP contribution in [-0.2, 0) is 0 Å². The number of ether oxygens (including phenoxy) is 1. The molecule has 0 atom stereocenters. The highest BCUT2D eigenvalue weighted by molar-refractivity contribution is 7.80. The Balaban J connectivity index is 2.25. The van der Waals surface area contributed by atoms with Crippen LogP contribution in [0, 0.1) is 6.92 Å². The van der Waals surface area contributed by atoms with Crippen molar-refractivity contribution in [3.63, 3.8) is 0 Å². The fraction of sp³-hybridized carbons (Fsp3) is 0.154. The van der Waals surface area contributed by atoms with E-state index in [1.54, 1.807) is 23.6 Å². The second-order valence-electron chi connectivity index (χ2n) is 3.99. The van der Waals surface area contributed by atoms with Crippen molar-refractivity contribution >= 4 is 40.1 Å². The van der Waals surface area contributed by atoms with Crippen LogP contribution in [0.15, 0.2) is 23.6 Å². The lowest BCUT2D eigenvalue weighted by atomic mass is 10.2. The van der Waals surface area contributed by atoms with Crippen LogP contribution in [0.5, 0.6) is 5.75 Å². The van der Waals surface area contributed by atoms with E-state index in [0.29, 0.717) is 22.7 Å². The largest absolute Gasteiger partial charge is 0.495 e. The zero-order valence-electron chi connectivity index (χ0n) is 11.0. The molecule has 1 aromatic heterocycles. The van der Waals surface area contributed by atoms with E-state index in [1.807, 2.05) is 6.92 Å². The fourth-order valence-corrected chi connectivity index (χ4v) is 2.32. The number of anilines is 1. The van der Waals surface area contributed by atoms with Crippen molar-refractivity contribution in [2.75, 3.05) is 12.4 Å². The summed E-state index contributed by atoms with van der Waals surface area (Å²) in [6.07, 6.45) is 0. The van der Waals surface area contributed by atoms with E-state index < -0.39 is 0 Å². The minimum atomic E-state index is -0.282. The first-order valence-corrected chi connectivity index (χ1v) is 7.01. The predicted octanol–water partition coefficient (Wildman–Crippen LogP) is 2.35. The molecule has 0 fully saturated rings. The van der Waals surface area contributed by atoms with E-state index in [0.717, 1.165) is 5.01 Å². The Hall–Kier alpha value is -1.99. The number of thiazole rings is 1. The molecule has 0 aliphatic rings. The molecule has 0 saturated carbocycles. The highest BCUT2D eigenvalue weighted by Crippen LogP contribution is 2.26. The van der Waals surface area contributed by atoms with Gasteiger partial charge in [0.25, 0.3) is 5.91 Å². The Labute approximate surface area is 125 Å². The summed E-state index contributed by atoms with van der Waals surface area (Å²) in [4.78, 5) is 16.4. The monoisotopic (exact) mass is 307 g/mol. The van der Waals surface area contributed by atoms with Crippen LogP contribution in [0.25, 0.3) is 0 Å².